The van der Waals surface area contributed by atoms with Gasteiger partial charge in [0.15, 0.2) is 0 Å². The molecule has 10 heavy (non-hydrogen) atoms. The summed E-state index contributed by atoms with van der Waals surface area (Å²) in [7, 11) is 0. The first kappa shape index (κ1) is 8.25. The highest BCUT2D eigenvalue weighted by atomic mass is 79.9. The predicted molar refractivity (Wildman–Crippen MR) is 45.4 cm³/mol. The molecule has 1 unspecified atom stereocenters. The number of hydrogen-bond acceptors (Lipinski definition) is 1. The fourth-order valence-electron chi connectivity index (χ4n) is 1.35. The minimum absolute atomic E-state index is 0.139. The van der Waals surface area contributed by atoms with Crippen LogP contribution in [-0.4, -0.2) is 10.6 Å². The van der Waals surface area contributed by atoms with Crippen LogP contribution in [0.5, 0.6) is 0 Å². The first-order chi connectivity index (χ1) is 4.51. The lowest BCUT2D eigenvalue weighted by Gasteiger charge is -2.30. The highest BCUT2D eigenvalue weighted by Crippen LogP contribution is 2.35. The van der Waals surface area contributed by atoms with Gasteiger partial charge in [-0.3, -0.25) is 4.79 Å². The van der Waals surface area contributed by atoms with Gasteiger partial charge in [-0.1, -0.05) is 29.8 Å². The van der Waals surface area contributed by atoms with Crippen molar-refractivity contribution >= 4 is 21.7 Å². The van der Waals surface area contributed by atoms with Crippen LogP contribution in [0.4, 0.5) is 0 Å². The zero-order chi connectivity index (χ0) is 7.78. The average molecular weight is 205 g/mol. The molecule has 0 aromatic carbocycles. The number of halogens is 1. The molecule has 0 aliphatic heterocycles. The van der Waals surface area contributed by atoms with Crippen LogP contribution < -0.4 is 0 Å². The fourth-order valence-corrected chi connectivity index (χ4v) is 1.74. The van der Waals surface area contributed by atoms with E-state index in [1.165, 1.54) is 0 Å². The van der Waals surface area contributed by atoms with E-state index in [2.05, 4.69) is 29.8 Å². The number of hydrogen-bond donors (Lipinski definition) is 0. The van der Waals surface area contributed by atoms with E-state index in [1.807, 2.05) is 0 Å². The Balaban J connectivity index is 2.57. The summed E-state index contributed by atoms with van der Waals surface area (Å²) in [6.07, 6.45) is 2.91. The Bertz CT molecular complexity index is 151. The van der Waals surface area contributed by atoms with Gasteiger partial charge in [0.05, 0.1) is 4.83 Å². The van der Waals surface area contributed by atoms with Gasteiger partial charge in [-0.15, -0.1) is 0 Å². The SMILES string of the molecule is CC1(C)CCC(Br)C(=O)C1. The summed E-state index contributed by atoms with van der Waals surface area (Å²) in [6.45, 7) is 4.31. The molecule has 0 amide bonds. The van der Waals surface area contributed by atoms with Gasteiger partial charge in [0, 0.05) is 6.42 Å². The zero-order valence-electron chi connectivity index (χ0n) is 6.48. The Morgan fingerprint density at radius 2 is 2.20 bits per heavy atom. The zero-order valence-corrected chi connectivity index (χ0v) is 8.07. The van der Waals surface area contributed by atoms with Gasteiger partial charge >= 0.3 is 0 Å². The monoisotopic (exact) mass is 204 g/mol. The lowest BCUT2D eigenvalue weighted by molar-refractivity contribution is -0.122. The molecule has 0 heterocycles. The molecule has 2 heteroatoms. The number of ketones is 1. The summed E-state index contributed by atoms with van der Waals surface area (Å²) in [5.74, 6) is 0.372. The number of rotatable bonds is 0. The molecule has 1 rings (SSSR count). The fraction of sp³-hybridized carbons (Fsp3) is 0.875. The first-order valence-electron chi connectivity index (χ1n) is 3.68. The number of alkyl halides is 1. The quantitative estimate of drug-likeness (QED) is 0.555. The molecule has 0 spiro atoms. The molecular formula is C8H13BrO. The van der Waals surface area contributed by atoms with Crippen molar-refractivity contribution < 1.29 is 4.79 Å². The van der Waals surface area contributed by atoms with Crippen molar-refractivity contribution in [3.05, 3.63) is 0 Å². The summed E-state index contributed by atoms with van der Waals surface area (Å²) in [5.41, 5.74) is 0.251. The van der Waals surface area contributed by atoms with E-state index >= 15 is 0 Å². The van der Waals surface area contributed by atoms with Crippen LogP contribution in [-0.2, 0) is 4.79 Å². The topological polar surface area (TPSA) is 17.1 Å². The summed E-state index contributed by atoms with van der Waals surface area (Å²) in [4.78, 5) is 11.3. The molecule has 1 fully saturated rings. The molecule has 1 aliphatic rings. The molecule has 0 saturated heterocycles. The molecular weight excluding hydrogens is 192 g/mol. The Morgan fingerprint density at radius 3 is 2.60 bits per heavy atom. The molecule has 1 saturated carbocycles. The third-order valence-electron chi connectivity index (χ3n) is 2.08. The number of carbonyl (C=O) groups excluding carboxylic acids is 1. The van der Waals surface area contributed by atoms with E-state index in [-0.39, 0.29) is 10.2 Å². The van der Waals surface area contributed by atoms with E-state index in [0.717, 1.165) is 19.3 Å². The van der Waals surface area contributed by atoms with Crippen LogP contribution in [0.25, 0.3) is 0 Å². The summed E-state index contributed by atoms with van der Waals surface area (Å²) >= 11 is 3.36. The molecule has 1 aliphatic carbocycles. The first-order valence-corrected chi connectivity index (χ1v) is 4.60. The van der Waals surface area contributed by atoms with Gasteiger partial charge in [-0.05, 0) is 18.3 Å². The minimum atomic E-state index is 0.139. The molecule has 0 aromatic heterocycles. The lowest BCUT2D eigenvalue weighted by atomic mass is 9.77. The van der Waals surface area contributed by atoms with Gasteiger partial charge in [-0.2, -0.15) is 0 Å². The van der Waals surface area contributed by atoms with Crippen molar-refractivity contribution in [3.8, 4) is 0 Å². The van der Waals surface area contributed by atoms with Crippen molar-refractivity contribution in [2.24, 2.45) is 5.41 Å². The molecule has 1 nitrogen and oxygen atoms in total. The van der Waals surface area contributed by atoms with Gasteiger partial charge in [0.2, 0.25) is 0 Å². The van der Waals surface area contributed by atoms with E-state index in [0.29, 0.717) is 5.78 Å². The van der Waals surface area contributed by atoms with Crippen LogP contribution >= 0.6 is 15.9 Å². The highest BCUT2D eigenvalue weighted by Gasteiger charge is 2.31. The number of carbonyl (C=O) groups is 1. The Hall–Kier alpha value is 0.150. The average Bonchev–Trinajstić information content (AvgIpc) is 1.79. The third-order valence-corrected chi connectivity index (χ3v) is 3.05. The van der Waals surface area contributed by atoms with Crippen molar-refractivity contribution in [3.63, 3.8) is 0 Å². The predicted octanol–water partition coefficient (Wildman–Crippen LogP) is 2.53. The van der Waals surface area contributed by atoms with Gasteiger partial charge in [0.1, 0.15) is 5.78 Å². The highest BCUT2D eigenvalue weighted by molar-refractivity contribution is 9.10. The van der Waals surface area contributed by atoms with Crippen molar-refractivity contribution in [1.29, 1.82) is 0 Å². The lowest BCUT2D eigenvalue weighted by Crippen LogP contribution is -2.29. The van der Waals surface area contributed by atoms with Gasteiger partial charge < -0.3 is 0 Å². The third kappa shape index (κ3) is 1.82. The van der Waals surface area contributed by atoms with Crippen LogP contribution in [0.15, 0.2) is 0 Å². The smallest absolute Gasteiger partial charge is 0.147 e. The Kier molecular flexibility index (Phi) is 2.18. The summed E-state index contributed by atoms with van der Waals surface area (Å²) in [5, 5.41) is 0. The standard InChI is InChI=1S/C8H13BrO/c1-8(2)4-3-6(9)7(10)5-8/h6H,3-5H2,1-2H3. The second-order valence-corrected chi connectivity index (χ2v) is 4.92. The molecule has 58 valence electrons. The van der Waals surface area contributed by atoms with Gasteiger partial charge in [-0.25, -0.2) is 0 Å². The second kappa shape index (κ2) is 2.65. The van der Waals surface area contributed by atoms with Crippen molar-refractivity contribution in [2.75, 3.05) is 0 Å². The molecule has 0 radical (unpaired) electrons. The normalized spacial score (nSPS) is 32.3. The van der Waals surface area contributed by atoms with E-state index < -0.39 is 0 Å². The van der Waals surface area contributed by atoms with Crippen LogP contribution in [0, 0.1) is 5.41 Å². The Labute approximate surface area is 70.3 Å². The van der Waals surface area contributed by atoms with Crippen molar-refractivity contribution in [1.82, 2.24) is 0 Å². The van der Waals surface area contributed by atoms with Crippen LogP contribution in [0.3, 0.4) is 0 Å². The maximum absolute atomic E-state index is 11.2. The second-order valence-electron chi connectivity index (χ2n) is 3.81. The molecule has 0 aromatic rings. The minimum Gasteiger partial charge on any atom is -0.298 e. The number of Topliss-reactive ketones (excluding diaryl/α,β-unsaturated/α-hetero) is 1. The van der Waals surface area contributed by atoms with Crippen LogP contribution in [0.1, 0.15) is 33.1 Å². The maximum Gasteiger partial charge on any atom is 0.147 e. The Morgan fingerprint density at radius 1 is 1.60 bits per heavy atom. The summed E-state index contributed by atoms with van der Waals surface area (Å²) in [6, 6.07) is 0. The van der Waals surface area contributed by atoms with E-state index in [1.54, 1.807) is 0 Å². The van der Waals surface area contributed by atoms with Crippen molar-refractivity contribution in [2.45, 2.75) is 37.9 Å². The molecule has 0 bridgehead atoms. The molecule has 1 atom stereocenters. The van der Waals surface area contributed by atoms with Crippen LogP contribution in [0.2, 0.25) is 0 Å². The maximum atomic E-state index is 11.2. The van der Waals surface area contributed by atoms with E-state index in [4.69, 9.17) is 0 Å². The van der Waals surface area contributed by atoms with Gasteiger partial charge in [0.25, 0.3) is 0 Å². The molecule has 0 N–H and O–H groups in total. The van der Waals surface area contributed by atoms with E-state index in [9.17, 15) is 4.79 Å². The largest absolute Gasteiger partial charge is 0.298 e. The summed E-state index contributed by atoms with van der Waals surface area (Å²) < 4.78 is 0.